The van der Waals surface area contributed by atoms with Gasteiger partial charge in [0.05, 0.1) is 6.10 Å². The molecule has 0 saturated carbocycles. The number of hydrogen-bond donors (Lipinski definition) is 3. The van der Waals surface area contributed by atoms with Crippen LogP contribution in [0, 0.1) is 0 Å². The number of aliphatic hydroxyl groups excluding tert-OH is 1. The zero-order chi connectivity index (χ0) is 18.9. The molecular weight excluding hydrogens is 342 g/mol. The Morgan fingerprint density at radius 1 is 1.11 bits per heavy atom. The lowest BCUT2D eigenvalue weighted by molar-refractivity contribution is 0.170. The molecule has 1 aliphatic rings. The third kappa shape index (κ3) is 5.62. The van der Waals surface area contributed by atoms with Crippen molar-refractivity contribution in [2.45, 2.75) is 25.9 Å². The lowest BCUT2D eigenvalue weighted by Crippen LogP contribution is -2.38. The van der Waals surface area contributed by atoms with Crippen molar-refractivity contribution in [3.8, 4) is 11.5 Å². The molecule has 144 valence electrons. The van der Waals surface area contributed by atoms with Crippen LogP contribution < -0.4 is 20.1 Å². The van der Waals surface area contributed by atoms with Crippen molar-refractivity contribution in [2.75, 3.05) is 26.4 Å². The van der Waals surface area contributed by atoms with Crippen molar-refractivity contribution in [3.05, 3.63) is 59.7 Å². The maximum Gasteiger partial charge on any atom is 0.231 e. The van der Waals surface area contributed by atoms with Gasteiger partial charge in [-0.15, -0.1) is 0 Å². The highest BCUT2D eigenvalue weighted by Gasteiger charge is 2.13. The molecule has 0 aliphatic carbocycles. The molecule has 1 atom stereocenters. The van der Waals surface area contributed by atoms with Gasteiger partial charge in [0.2, 0.25) is 6.79 Å². The van der Waals surface area contributed by atoms with Gasteiger partial charge in [0.25, 0.3) is 0 Å². The zero-order valence-corrected chi connectivity index (χ0v) is 15.6. The summed E-state index contributed by atoms with van der Waals surface area (Å²) in [7, 11) is 0. The van der Waals surface area contributed by atoms with Crippen molar-refractivity contribution in [1.29, 1.82) is 0 Å². The van der Waals surface area contributed by atoms with Gasteiger partial charge in [-0.25, -0.2) is 0 Å². The fourth-order valence-corrected chi connectivity index (χ4v) is 2.90. The molecule has 2 aromatic rings. The van der Waals surface area contributed by atoms with Crippen LogP contribution in [0.3, 0.4) is 0 Å². The van der Waals surface area contributed by atoms with Gasteiger partial charge in [-0.3, -0.25) is 4.99 Å². The molecule has 1 heterocycles. The lowest BCUT2D eigenvalue weighted by Gasteiger charge is -2.13. The summed E-state index contributed by atoms with van der Waals surface area (Å²) in [5.74, 6) is 2.38. The maximum atomic E-state index is 10.2. The van der Waals surface area contributed by atoms with E-state index in [9.17, 15) is 5.11 Å². The van der Waals surface area contributed by atoms with Gasteiger partial charge >= 0.3 is 0 Å². The van der Waals surface area contributed by atoms with Crippen molar-refractivity contribution >= 4 is 5.96 Å². The second-order valence-electron chi connectivity index (χ2n) is 6.34. The second-order valence-corrected chi connectivity index (χ2v) is 6.34. The van der Waals surface area contributed by atoms with Gasteiger partial charge in [-0.2, -0.15) is 0 Å². The van der Waals surface area contributed by atoms with Crippen LogP contribution >= 0.6 is 0 Å². The first-order valence-corrected chi connectivity index (χ1v) is 9.40. The molecule has 0 bridgehead atoms. The van der Waals surface area contributed by atoms with E-state index in [1.807, 2.05) is 49.4 Å². The minimum absolute atomic E-state index is 0.295. The fourth-order valence-electron chi connectivity index (χ4n) is 2.90. The number of benzene rings is 2. The van der Waals surface area contributed by atoms with E-state index in [4.69, 9.17) is 9.47 Å². The van der Waals surface area contributed by atoms with Crippen LogP contribution in [0.4, 0.5) is 0 Å². The van der Waals surface area contributed by atoms with E-state index in [-0.39, 0.29) is 0 Å². The lowest BCUT2D eigenvalue weighted by atomic mass is 10.1. The van der Waals surface area contributed by atoms with E-state index in [1.165, 1.54) is 5.56 Å². The van der Waals surface area contributed by atoms with E-state index in [0.717, 1.165) is 42.5 Å². The van der Waals surface area contributed by atoms with Gasteiger partial charge in [-0.1, -0.05) is 36.4 Å². The van der Waals surface area contributed by atoms with E-state index >= 15 is 0 Å². The van der Waals surface area contributed by atoms with E-state index < -0.39 is 6.10 Å². The molecule has 0 radical (unpaired) electrons. The number of aliphatic imine (C=N–C) groups is 1. The van der Waals surface area contributed by atoms with Gasteiger partial charge in [0, 0.05) is 19.6 Å². The van der Waals surface area contributed by atoms with Crippen LogP contribution in [0.2, 0.25) is 0 Å². The molecule has 0 fully saturated rings. The number of nitrogens with zero attached hydrogens (tertiary/aromatic N) is 1. The first-order valence-electron chi connectivity index (χ1n) is 9.40. The van der Waals surface area contributed by atoms with Crippen molar-refractivity contribution in [3.63, 3.8) is 0 Å². The quantitative estimate of drug-likeness (QED) is 0.493. The standard InChI is InChI=1S/C21H27N3O3/c1-2-22-21(24-13-11-18(25)17-6-4-3-5-7-17)23-12-10-16-8-9-19-20(14-16)27-15-26-19/h3-9,14,18,25H,2,10-13,15H2,1H3,(H2,22,23,24). The van der Waals surface area contributed by atoms with E-state index in [1.54, 1.807) is 0 Å². The molecule has 3 N–H and O–H groups in total. The first-order chi connectivity index (χ1) is 13.3. The maximum absolute atomic E-state index is 10.2. The smallest absolute Gasteiger partial charge is 0.231 e. The number of rotatable bonds is 8. The van der Waals surface area contributed by atoms with Crippen LogP contribution in [0.15, 0.2) is 53.5 Å². The molecular formula is C21H27N3O3. The summed E-state index contributed by atoms with van der Waals surface area (Å²) in [6.45, 7) is 4.43. The van der Waals surface area contributed by atoms with Gasteiger partial charge in [0.15, 0.2) is 17.5 Å². The van der Waals surface area contributed by atoms with Crippen LogP contribution in [0.25, 0.3) is 0 Å². The molecule has 1 unspecified atom stereocenters. The molecule has 2 aromatic carbocycles. The highest BCUT2D eigenvalue weighted by molar-refractivity contribution is 5.79. The molecule has 3 rings (SSSR count). The third-order valence-electron chi connectivity index (χ3n) is 4.34. The molecule has 1 aliphatic heterocycles. The molecule has 0 amide bonds. The van der Waals surface area contributed by atoms with Gasteiger partial charge < -0.3 is 25.2 Å². The Balaban J connectivity index is 1.46. The molecule has 0 aromatic heterocycles. The average Bonchev–Trinajstić information content (AvgIpc) is 3.16. The second kappa shape index (κ2) is 9.83. The summed E-state index contributed by atoms with van der Waals surface area (Å²) in [6, 6.07) is 15.7. The Kier molecular flexibility index (Phi) is 6.93. The van der Waals surface area contributed by atoms with E-state index in [2.05, 4.69) is 21.7 Å². The Hall–Kier alpha value is -2.73. The Morgan fingerprint density at radius 2 is 1.93 bits per heavy atom. The van der Waals surface area contributed by atoms with Crippen LogP contribution in [-0.4, -0.2) is 37.5 Å². The van der Waals surface area contributed by atoms with Crippen LogP contribution in [-0.2, 0) is 6.42 Å². The summed E-state index contributed by atoms with van der Waals surface area (Å²) in [6.07, 6.45) is 0.947. The highest BCUT2D eigenvalue weighted by atomic mass is 16.7. The molecule has 27 heavy (non-hydrogen) atoms. The predicted molar refractivity (Wildman–Crippen MR) is 106 cm³/mol. The van der Waals surface area contributed by atoms with Crippen molar-refractivity contribution in [1.82, 2.24) is 10.6 Å². The first kappa shape index (κ1) is 19.0. The number of nitrogens with one attached hydrogen (secondary N) is 2. The topological polar surface area (TPSA) is 75.1 Å². The Labute approximate surface area is 160 Å². The number of guanidine groups is 1. The molecule has 0 spiro atoms. The summed E-state index contributed by atoms with van der Waals surface area (Å²) < 4.78 is 10.8. The summed E-state index contributed by atoms with van der Waals surface area (Å²) in [5, 5.41) is 16.8. The third-order valence-corrected chi connectivity index (χ3v) is 4.34. The predicted octanol–water partition coefficient (Wildman–Crippen LogP) is 2.64. The Morgan fingerprint density at radius 3 is 2.74 bits per heavy atom. The number of fused-ring (bicyclic) bond motifs is 1. The van der Waals surface area contributed by atoms with Crippen molar-refractivity contribution < 1.29 is 14.6 Å². The van der Waals surface area contributed by atoms with Crippen molar-refractivity contribution in [2.24, 2.45) is 4.99 Å². The summed E-state index contributed by atoms with van der Waals surface area (Å²) in [5.41, 5.74) is 2.11. The fraction of sp³-hybridized carbons (Fsp3) is 0.381. The zero-order valence-electron chi connectivity index (χ0n) is 15.6. The number of ether oxygens (including phenoxy) is 2. The molecule has 6 heteroatoms. The minimum Gasteiger partial charge on any atom is -0.454 e. The minimum atomic E-state index is -0.494. The van der Waals surface area contributed by atoms with Crippen LogP contribution in [0.5, 0.6) is 11.5 Å². The van der Waals surface area contributed by atoms with Gasteiger partial charge in [0.1, 0.15) is 0 Å². The average molecular weight is 369 g/mol. The molecule has 0 saturated heterocycles. The van der Waals surface area contributed by atoms with Gasteiger partial charge in [-0.05, 0) is 43.0 Å². The molecule has 6 nitrogen and oxygen atoms in total. The summed E-state index contributed by atoms with van der Waals surface area (Å²) >= 11 is 0. The normalized spacial score (nSPS) is 14.1. The highest BCUT2D eigenvalue weighted by Crippen LogP contribution is 2.32. The SMILES string of the molecule is CCNC(=NCCC(O)c1ccccc1)NCCc1ccc2c(c1)OCO2. The number of hydrogen-bond acceptors (Lipinski definition) is 4. The van der Waals surface area contributed by atoms with Crippen LogP contribution in [0.1, 0.15) is 30.6 Å². The van der Waals surface area contributed by atoms with E-state index in [0.29, 0.717) is 19.8 Å². The summed E-state index contributed by atoms with van der Waals surface area (Å²) in [4.78, 5) is 4.56. The monoisotopic (exact) mass is 369 g/mol. The largest absolute Gasteiger partial charge is 0.454 e. The Bertz CT molecular complexity index is 750. The number of aliphatic hydroxyl groups is 1.